The average molecular weight is 372 g/mol. The van der Waals surface area contributed by atoms with E-state index in [0.29, 0.717) is 43.3 Å². The van der Waals surface area contributed by atoms with Gasteiger partial charge in [0, 0.05) is 6.54 Å². The van der Waals surface area contributed by atoms with Gasteiger partial charge < -0.3 is 19.7 Å². The minimum absolute atomic E-state index is 0.129. The highest BCUT2D eigenvalue weighted by atomic mass is 19.1. The molecule has 0 bridgehead atoms. The maximum atomic E-state index is 12.9. The lowest BCUT2D eigenvalue weighted by molar-refractivity contribution is -0.120. The van der Waals surface area contributed by atoms with Gasteiger partial charge in [0.15, 0.2) is 0 Å². The largest absolute Gasteiger partial charge is 0.490 e. The molecular weight excluding hydrogens is 351 g/mol. The molecule has 0 radical (unpaired) electrons. The van der Waals surface area contributed by atoms with Crippen molar-refractivity contribution in [3.05, 3.63) is 59.4 Å². The second kappa shape index (κ2) is 8.53. The molecule has 1 amide bonds. The van der Waals surface area contributed by atoms with Crippen molar-refractivity contribution in [2.45, 2.75) is 13.5 Å². The number of nitrogens with one attached hydrogen (secondary N) is 1. The monoisotopic (exact) mass is 372 g/mol. The Kier molecular flexibility index (Phi) is 5.90. The lowest BCUT2D eigenvalue weighted by Gasteiger charge is -2.31. The minimum Gasteiger partial charge on any atom is -0.490 e. The van der Waals surface area contributed by atoms with Gasteiger partial charge in [-0.3, -0.25) is 4.79 Å². The molecule has 7 heteroatoms. The van der Waals surface area contributed by atoms with Crippen molar-refractivity contribution in [2.75, 3.05) is 31.2 Å². The van der Waals surface area contributed by atoms with E-state index in [9.17, 15) is 14.0 Å². The van der Waals surface area contributed by atoms with Crippen molar-refractivity contribution in [3.63, 3.8) is 0 Å². The molecule has 1 heterocycles. The molecule has 2 aromatic rings. The Hall–Kier alpha value is -3.09. The Morgan fingerprint density at radius 3 is 2.74 bits per heavy atom. The van der Waals surface area contributed by atoms with Crippen LogP contribution >= 0.6 is 0 Å². The lowest BCUT2D eigenvalue weighted by Crippen LogP contribution is -2.41. The number of nitrogens with zero attached hydrogens (tertiary/aromatic N) is 1. The molecule has 0 spiro atoms. The Bertz CT molecular complexity index is 823. The molecule has 2 aromatic carbocycles. The van der Waals surface area contributed by atoms with Gasteiger partial charge in [0.05, 0.1) is 30.9 Å². The first-order chi connectivity index (χ1) is 13.1. The summed E-state index contributed by atoms with van der Waals surface area (Å²) in [6, 6.07) is 11.0. The van der Waals surface area contributed by atoms with Crippen LogP contribution in [0.2, 0.25) is 0 Å². The fourth-order valence-electron chi connectivity index (χ4n) is 2.81. The molecule has 6 nitrogen and oxygen atoms in total. The van der Waals surface area contributed by atoms with E-state index in [1.54, 1.807) is 37.3 Å². The van der Waals surface area contributed by atoms with Crippen LogP contribution in [-0.2, 0) is 16.1 Å². The quantitative estimate of drug-likeness (QED) is 0.790. The van der Waals surface area contributed by atoms with Gasteiger partial charge in [0.2, 0.25) is 5.91 Å². The van der Waals surface area contributed by atoms with Crippen LogP contribution in [-0.4, -0.2) is 38.2 Å². The smallest absolute Gasteiger partial charge is 0.338 e. The highest BCUT2D eigenvalue weighted by molar-refractivity contribution is 5.92. The van der Waals surface area contributed by atoms with E-state index >= 15 is 0 Å². The third-order valence-corrected chi connectivity index (χ3v) is 4.17. The minimum atomic E-state index is -0.411. The molecule has 1 aliphatic rings. The molecule has 1 aliphatic heterocycles. The van der Waals surface area contributed by atoms with Gasteiger partial charge in [-0.15, -0.1) is 0 Å². The number of benzene rings is 2. The van der Waals surface area contributed by atoms with Crippen molar-refractivity contribution in [2.24, 2.45) is 0 Å². The predicted molar refractivity (Wildman–Crippen MR) is 98.4 cm³/mol. The molecule has 0 fully saturated rings. The first-order valence-corrected chi connectivity index (χ1v) is 8.77. The highest BCUT2D eigenvalue weighted by Crippen LogP contribution is 2.32. The highest BCUT2D eigenvalue weighted by Gasteiger charge is 2.22. The third-order valence-electron chi connectivity index (χ3n) is 4.17. The number of carbonyl (C=O) groups excluding carboxylic acids is 2. The number of ether oxygens (including phenoxy) is 2. The summed E-state index contributed by atoms with van der Waals surface area (Å²) in [5, 5.41) is 2.82. The fourth-order valence-corrected chi connectivity index (χ4v) is 2.81. The van der Waals surface area contributed by atoms with Gasteiger partial charge in [-0.05, 0) is 42.8 Å². The molecule has 142 valence electrons. The Morgan fingerprint density at radius 1 is 1.22 bits per heavy atom. The summed E-state index contributed by atoms with van der Waals surface area (Å²) < 4.78 is 23.6. The number of rotatable bonds is 6. The van der Waals surface area contributed by atoms with Crippen LogP contribution in [0.5, 0.6) is 5.75 Å². The molecule has 1 N–H and O–H groups in total. The van der Waals surface area contributed by atoms with E-state index in [1.807, 2.05) is 4.90 Å². The maximum absolute atomic E-state index is 12.9. The van der Waals surface area contributed by atoms with Crippen LogP contribution in [0.15, 0.2) is 42.5 Å². The second-order valence-electron chi connectivity index (χ2n) is 6.08. The van der Waals surface area contributed by atoms with Gasteiger partial charge >= 0.3 is 5.97 Å². The van der Waals surface area contributed by atoms with Gasteiger partial charge in [0.25, 0.3) is 0 Å². The summed E-state index contributed by atoms with van der Waals surface area (Å²) in [6.07, 6.45) is 0. The second-order valence-corrected chi connectivity index (χ2v) is 6.08. The van der Waals surface area contributed by atoms with Crippen molar-refractivity contribution in [1.29, 1.82) is 0 Å². The molecule has 0 saturated heterocycles. The summed E-state index contributed by atoms with van der Waals surface area (Å²) >= 11 is 0. The zero-order valence-electron chi connectivity index (χ0n) is 15.0. The molecule has 3 rings (SSSR count). The van der Waals surface area contributed by atoms with E-state index < -0.39 is 5.97 Å². The Balaban J connectivity index is 1.65. The summed E-state index contributed by atoms with van der Waals surface area (Å²) in [7, 11) is 0. The topological polar surface area (TPSA) is 67.9 Å². The van der Waals surface area contributed by atoms with Gasteiger partial charge in [-0.1, -0.05) is 12.1 Å². The van der Waals surface area contributed by atoms with Gasteiger partial charge in [-0.25, -0.2) is 9.18 Å². The van der Waals surface area contributed by atoms with Crippen LogP contribution in [0.4, 0.5) is 10.1 Å². The molecule has 27 heavy (non-hydrogen) atoms. The number of hydrogen-bond acceptors (Lipinski definition) is 5. The van der Waals surface area contributed by atoms with E-state index in [-0.39, 0.29) is 18.3 Å². The number of carbonyl (C=O) groups is 2. The van der Waals surface area contributed by atoms with Crippen molar-refractivity contribution in [3.8, 4) is 5.75 Å². The summed E-state index contributed by atoms with van der Waals surface area (Å²) in [4.78, 5) is 26.1. The number of anilines is 1. The van der Waals surface area contributed by atoms with E-state index in [4.69, 9.17) is 9.47 Å². The van der Waals surface area contributed by atoms with Crippen molar-refractivity contribution < 1.29 is 23.5 Å². The van der Waals surface area contributed by atoms with Gasteiger partial charge in [-0.2, -0.15) is 0 Å². The summed E-state index contributed by atoms with van der Waals surface area (Å²) in [5.41, 5.74) is 1.92. The van der Waals surface area contributed by atoms with Crippen LogP contribution in [0.25, 0.3) is 0 Å². The van der Waals surface area contributed by atoms with Crippen molar-refractivity contribution >= 4 is 17.6 Å². The van der Waals surface area contributed by atoms with Crippen molar-refractivity contribution in [1.82, 2.24) is 5.32 Å². The average Bonchev–Trinajstić information content (AvgIpc) is 2.68. The molecule has 0 aliphatic carbocycles. The number of amides is 1. The summed E-state index contributed by atoms with van der Waals surface area (Å²) in [5.74, 6) is -0.270. The van der Waals surface area contributed by atoms with Crippen LogP contribution in [0, 0.1) is 5.82 Å². The molecule has 0 saturated carbocycles. The standard InChI is InChI=1S/C20H21FN2O4/c1-2-26-20(25)15-5-8-18-17(11-15)23(9-10-27-18)13-19(24)22-12-14-3-6-16(21)7-4-14/h3-8,11H,2,9-10,12-13H2,1H3,(H,22,24). The van der Waals surface area contributed by atoms with Crippen LogP contribution in [0.3, 0.4) is 0 Å². The number of hydrogen-bond donors (Lipinski definition) is 1. The predicted octanol–water partition coefficient (Wildman–Crippen LogP) is 2.52. The third kappa shape index (κ3) is 4.75. The zero-order chi connectivity index (χ0) is 19.2. The van der Waals surface area contributed by atoms with E-state index in [1.165, 1.54) is 12.1 Å². The Morgan fingerprint density at radius 2 is 2.00 bits per heavy atom. The first kappa shape index (κ1) is 18.7. The number of esters is 1. The van der Waals surface area contributed by atoms with Gasteiger partial charge in [0.1, 0.15) is 18.2 Å². The summed E-state index contributed by atoms with van der Waals surface area (Å²) in [6.45, 7) is 3.47. The molecule has 0 atom stereocenters. The lowest BCUT2D eigenvalue weighted by atomic mass is 10.1. The Labute approximate surface area is 156 Å². The van der Waals surface area contributed by atoms with E-state index in [2.05, 4.69) is 5.32 Å². The zero-order valence-corrected chi connectivity index (χ0v) is 15.0. The molecule has 0 unspecified atom stereocenters. The van der Waals surface area contributed by atoms with E-state index in [0.717, 1.165) is 5.56 Å². The van der Waals surface area contributed by atoms with Crippen LogP contribution < -0.4 is 15.0 Å². The molecule has 0 aromatic heterocycles. The normalized spacial score (nSPS) is 12.7. The fraction of sp³-hybridized carbons (Fsp3) is 0.300. The number of halogens is 1. The molecular formula is C20H21FN2O4. The maximum Gasteiger partial charge on any atom is 0.338 e. The first-order valence-electron chi connectivity index (χ1n) is 8.77. The number of fused-ring (bicyclic) bond motifs is 1. The van der Waals surface area contributed by atoms with Crippen LogP contribution in [0.1, 0.15) is 22.8 Å². The SMILES string of the molecule is CCOC(=O)c1ccc2c(c1)N(CC(=O)NCc1ccc(F)cc1)CCO2.